The van der Waals surface area contributed by atoms with Crippen LogP contribution in [0.5, 0.6) is 0 Å². The van der Waals surface area contributed by atoms with Gasteiger partial charge in [-0.3, -0.25) is 4.79 Å². The molecule has 0 aliphatic rings. The zero-order valence-electron chi connectivity index (χ0n) is 13.3. The quantitative estimate of drug-likeness (QED) is 0.600. The second-order valence-electron chi connectivity index (χ2n) is 6.49. The summed E-state index contributed by atoms with van der Waals surface area (Å²) in [6.45, 7) is 8.98. The zero-order chi connectivity index (χ0) is 14.1. The second kappa shape index (κ2) is 9.41. The predicted octanol–water partition coefficient (Wildman–Crippen LogP) is 4.34. The molecule has 0 aromatic heterocycles. The zero-order valence-corrected chi connectivity index (χ0v) is 13.3. The summed E-state index contributed by atoms with van der Waals surface area (Å²) >= 11 is 0. The third-order valence-corrected chi connectivity index (χ3v) is 3.67. The van der Waals surface area contributed by atoms with E-state index in [9.17, 15) is 4.79 Å². The molecule has 0 aliphatic carbocycles. The van der Waals surface area contributed by atoms with Gasteiger partial charge in [0.25, 0.3) is 0 Å². The minimum atomic E-state index is 0.183. The SMILES string of the molecule is CC(C)CCC[C@@H](C)CCC[C@@H](C)C(=O)N(C)C. The molecule has 0 aromatic rings. The summed E-state index contributed by atoms with van der Waals surface area (Å²) in [5, 5.41) is 0. The molecule has 0 aliphatic heterocycles. The first-order valence-corrected chi connectivity index (χ1v) is 7.55. The highest BCUT2D eigenvalue weighted by Crippen LogP contribution is 2.19. The minimum absolute atomic E-state index is 0.183. The standard InChI is InChI=1S/C16H33NO/c1-13(2)9-7-10-14(3)11-8-12-15(4)16(18)17(5)6/h13-15H,7-12H2,1-6H3/t14-,15-/m1/s1. The summed E-state index contributed by atoms with van der Waals surface area (Å²) in [5.41, 5.74) is 0. The largest absolute Gasteiger partial charge is 0.349 e. The van der Waals surface area contributed by atoms with Crippen molar-refractivity contribution in [2.45, 2.75) is 66.2 Å². The third-order valence-electron chi connectivity index (χ3n) is 3.67. The molecule has 0 unspecified atom stereocenters. The number of hydrogen-bond acceptors (Lipinski definition) is 1. The highest BCUT2D eigenvalue weighted by molar-refractivity contribution is 5.77. The van der Waals surface area contributed by atoms with Gasteiger partial charge in [0.2, 0.25) is 5.91 Å². The number of rotatable bonds is 9. The summed E-state index contributed by atoms with van der Waals surface area (Å²) in [5.74, 6) is 2.09. The van der Waals surface area contributed by atoms with Gasteiger partial charge in [-0.25, -0.2) is 0 Å². The number of hydrogen-bond donors (Lipinski definition) is 0. The van der Waals surface area contributed by atoms with Crippen molar-refractivity contribution in [3.8, 4) is 0 Å². The van der Waals surface area contributed by atoms with Gasteiger partial charge in [-0.15, -0.1) is 0 Å². The molecule has 0 spiro atoms. The highest BCUT2D eigenvalue weighted by atomic mass is 16.2. The van der Waals surface area contributed by atoms with E-state index in [1.807, 2.05) is 21.0 Å². The molecule has 0 rings (SSSR count). The molecular weight excluding hydrogens is 222 g/mol. The van der Waals surface area contributed by atoms with Crippen LogP contribution in [0.3, 0.4) is 0 Å². The lowest BCUT2D eigenvalue weighted by Gasteiger charge is -2.17. The van der Waals surface area contributed by atoms with Crippen LogP contribution in [0.25, 0.3) is 0 Å². The van der Waals surface area contributed by atoms with Gasteiger partial charge in [0.05, 0.1) is 0 Å². The van der Waals surface area contributed by atoms with E-state index in [1.165, 1.54) is 32.1 Å². The highest BCUT2D eigenvalue weighted by Gasteiger charge is 2.14. The van der Waals surface area contributed by atoms with E-state index < -0.39 is 0 Å². The van der Waals surface area contributed by atoms with Gasteiger partial charge < -0.3 is 4.90 Å². The van der Waals surface area contributed by atoms with Gasteiger partial charge in [-0.1, -0.05) is 59.8 Å². The van der Waals surface area contributed by atoms with Gasteiger partial charge >= 0.3 is 0 Å². The van der Waals surface area contributed by atoms with Crippen molar-refractivity contribution in [3.05, 3.63) is 0 Å². The normalized spacial score (nSPS) is 14.6. The first-order valence-electron chi connectivity index (χ1n) is 7.55. The first kappa shape index (κ1) is 17.5. The topological polar surface area (TPSA) is 20.3 Å². The molecule has 1 amide bonds. The summed E-state index contributed by atoms with van der Waals surface area (Å²) < 4.78 is 0. The van der Waals surface area contributed by atoms with E-state index in [0.717, 1.165) is 18.3 Å². The molecule has 2 heteroatoms. The van der Waals surface area contributed by atoms with Crippen molar-refractivity contribution in [1.29, 1.82) is 0 Å². The predicted molar refractivity (Wildman–Crippen MR) is 79.6 cm³/mol. The Morgan fingerprint density at radius 2 is 1.39 bits per heavy atom. The van der Waals surface area contributed by atoms with E-state index in [2.05, 4.69) is 20.8 Å². The Balaban J connectivity index is 3.61. The van der Waals surface area contributed by atoms with E-state index in [1.54, 1.807) is 4.90 Å². The monoisotopic (exact) mass is 255 g/mol. The summed E-state index contributed by atoms with van der Waals surface area (Å²) in [4.78, 5) is 13.4. The Labute approximate surface area is 114 Å². The number of carbonyl (C=O) groups is 1. The number of carbonyl (C=O) groups excluding carboxylic acids is 1. The average molecular weight is 255 g/mol. The van der Waals surface area contributed by atoms with Crippen LogP contribution in [0.15, 0.2) is 0 Å². The number of nitrogens with zero attached hydrogens (tertiary/aromatic N) is 1. The van der Waals surface area contributed by atoms with Crippen molar-refractivity contribution >= 4 is 5.91 Å². The Kier molecular flexibility index (Phi) is 9.13. The maximum absolute atomic E-state index is 11.7. The number of amides is 1. The fourth-order valence-corrected chi connectivity index (χ4v) is 2.36. The molecule has 0 radical (unpaired) electrons. The van der Waals surface area contributed by atoms with Gasteiger partial charge in [0.1, 0.15) is 0 Å². The lowest BCUT2D eigenvalue weighted by molar-refractivity contribution is -0.132. The Hall–Kier alpha value is -0.530. The third kappa shape index (κ3) is 8.54. The van der Waals surface area contributed by atoms with Crippen LogP contribution >= 0.6 is 0 Å². The molecule has 0 saturated heterocycles. The van der Waals surface area contributed by atoms with E-state index >= 15 is 0 Å². The van der Waals surface area contributed by atoms with Crippen LogP contribution in [-0.4, -0.2) is 24.9 Å². The molecule has 2 atom stereocenters. The van der Waals surface area contributed by atoms with Crippen LogP contribution in [0.2, 0.25) is 0 Å². The lowest BCUT2D eigenvalue weighted by atomic mass is 9.93. The minimum Gasteiger partial charge on any atom is -0.349 e. The van der Waals surface area contributed by atoms with Crippen LogP contribution in [0.4, 0.5) is 0 Å². The van der Waals surface area contributed by atoms with Crippen molar-refractivity contribution in [3.63, 3.8) is 0 Å². The average Bonchev–Trinajstić information content (AvgIpc) is 2.27. The molecule has 0 heterocycles. The van der Waals surface area contributed by atoms with Crippen LogP contribution in [-0.2, 0) is 4.79 Å². The molecule has 2 nitrogen and oxygen atoms in total. The molecule has 0 saturated carbocycles. The second-order valence-corrected chi connectivity index (χ2v) is 6.49. The van der Waals surface area contributed by atoms with Crippen LogP contribution in [0, 0.1) is 17.8 Å². The Morgan fingerprint density at radius 3 is 1.83 bits per heavy atom. The van der Waals surface area contributed by atoms with Crippen LogP contribution < -0.4 is 0 Å². The van der Waals surface area contributed by atoms with Crippen molar-refractivity contribution in [2.24, 2.45) is 17.8 Å². The van der Waals surface area contributed by atoms with Crippen molar-refractivity contribution in [2.75, 3.05) is 14.1 Å². The lowest BCUT2D eigenvalue weighted by Crippen LogP contribution is -2.27. The summed E-state index contributed by atoms with van der Waals surface area (Å²) in [7, 11) is 3.68. The van der Waals surface area contributed by atoms with Crippen LogP contribution in [0.1, 0.15) is 66.2 Å². The fraction of sp³-hybridized carbons (Fsp3) is 0.938. The van der Waals surface area contributed by atoms with E-state index in [-0.39, 0.29) is 11.8 Å². The molecule has 108 valence electrons. The van der Waals surface area contributed by atoms with Gasteiger partial charge in [-0.05, 0) is 18.3 Å². The summed E-state index contributed by atoms with van der Waals surface area (Å²) in [6.07, 6.45) is 7.53. The maximum Gasteiger partial charge on any atom is 0.224 e. The molecule has 0 bridgehead atoms. The van der Waals surface area contributed by atoms with Crippen molar-refractivity contribution < 1.29 is 4.79 Å². The Bertz CT molecular complexity index is 223. The maximum atomic E-state index is 11.7. The Morgan fingerprint density at radius 1 is 0.889 bits per heavy atom. The van der Waals surface area contributed by atoms with E-state index in [0.29, 0.717) is 0 Å². The smallest absolute Gasteiger partial charge is 0.224 e. The first-order chi connectivity index (χ1) is 8.34. The molecule has 0 fully saturated rings. The molecule has 0 N–H and O–H groups in total. The fourth-order valence-electron chi connectivity index (χ4n) is 2.36. The summed E-state index contributed by atoms with van der Waals surface area (Å²) in [6, 6.07) is 0. The molecule has 18 heavy (non-hydrogen) atoms. The van der Waals surface area contributed by atoms with Gasteiger partial charge in [-0.2, -0.15) is 0 Å². The van der Waals surface area contributed by atoms with E-state index in [4.69, 9.17) is 0 Å². The van der Waals surface area contributed by atoms with Gasteiger partial charge in [0.15, 0.2) is 0 Å². The molecule has 0 aromatic carbocycles. The molecular formula is C16H33NO. The van der Waals surface area contributed by atoms with Crippen molar-refractivity contribution in [1.82, 2.24) is 4.90 Å². The van der Waals surface area contributed by atoms with Gasteiger partial charge in [0, 0.05) is 20.0 Å².